The van der Waals surface area contributed by atoms with E-state index in [4.69, 9.17) is 9.72 Å². The minimum absolute atomic E-state index is 0.202. The number of anilines is 2. The second-order valence-electron chi connectivity index (χ2n) is 8.11. The molecule has 1 aliphatic heterocycles. The van der Waals surface area contributed by atoms with Crippen LogP contribution >= 0.6 is 11.3 Å². The number of benzene rings is 2. The van der Waals surface area contributed by atoms with E-state index in [0.717, 1.165) is 16.0 Å². The molecule has 4 aromatic rings. The van der Waals surface area contributed by atoms with Crippen molar-refractivity contribution in [2.75, 3.05) is 23.5 Å². The predicted octanol–water partition coefficient (Wildman–Crippen LogP) is 3.89. The Labute approximate surface area is 205 Å². The number of ether oxygens (including phenoxy) is 1. The van der Waals surface area contributed by atoms with E-state index < -0.39 is 0 Å². The summed E-state index contributed by atoms with van der Waals surface area (Å²) in [5.41, 5.74) is 1.72. The quantitative estimate of drug-likeness (QED) is 0.348. The van der Waals surface area contributed by atoms with Gasteiger partial charge in [0, 0.05) is 43.9 Å². The van der Waals surface area contributed by atoms with Gasteiger partial charge in [0.1, 0.15) is 5.75 Å². The summed E-state index contributed by atoms with van der Waals surface area (Å²) < 4.78 is 8.21. The van der Waals surface area contributed by atoms with Crippen LogP contribution < -0.4 is 14.5 Å². The summed E-state index contributed by atoms with van der Waals surface area (Å²) in [6.45, 7) is 1.17. The summed E-state index contributed by atoms with van der Waals surface area (Å²) in [6.07, 6.45) is 6.49. The molecule has 0 bridgehead atoms. The maximum atomic E-state index is 13.6. The monoisotopic (exact) mass is 489 g/mol. The number of rotatable bonds is 8. The Morgan fingerprint density at radius 1 is 1.11 bits per heavy atom. The van der Waals surface area contributed by atoms with Crippen molar-refractivity contribution < 1.29 is 19.1 Å². The van der Waals surface area contributed by atoms with Crippen LogP contribution in [-0.4, -0.2) is 45.9 Å². The second kappa shape index (κ2) is 9.67. The zero-order valence-electron chi connectivity index (χ0n) is 19.1. The lowest BCUT2D eigenvalue weighted by atomic mass is 10.1. The standard InChI is InChI=1S/C25H23N5O4S/c1-34-19-7-8-20-21(15-19)35-25(27-20)29(13-2-12-28-14-11-26-16-28)24(33)17-3-5-18(6-4-17)30-22(31)9-10-23(30)32/h3-8,11,14-16H,2,9-10,12-13H2,1H3. The average Bonchev–Trinajstić information content (AvgIpc) is 3.61. The number of aryl methyl sites for hydroxylation is 1. The van der Waals surface area contributed by atoms with Crippen LogP contribution in [0.4, 0.5) is 10.8 Å². The number of aromatic nitrogens is 3. The molecular formula is C25H23N5O4S. The fourth-order valence-corrected chi connectivity index (χ4v) is 5.04. The van der Waals surface area contributed by atoms with Crippen molar-refractivity contribution in [1.29, 1.82) is 0 Å². The van der Waals surface area contributed by atoms with Gasteiger partial charge in [0.15, 0.2) is 5.13 Å². The van der Waals surface area contributed by atoms with Crippen molar-refractivity contribution in [3.8, 4) is 5.75 Å². The van der Waals surface area contributed by atoms with Crippen molar-refractivity contribution in [1.82, 2.24) is 14.5 Å². The van der Waals surface area contributed by atoms with E-state index in [-0.39, 0.29) is 30.6 Å². The molecule has 2 aromatic heterocycles. The molecule has 0 unspecified atom stereocenters. The van der Waals surface area contributed by atoms with Gasteiger partial charge in [0.05, 0.1) is 29.3 Å². The highest BCUT2D eigenvalue weighted by atomic mass is 32.1. The highest BCUT2D eigenvalue weighted by Crippen LogP contribution is 2.32. The number of fused-ring (bicyclic) bond motifs is 1. The van der Waals surface area contributed by atoms with Crippen LogP contribution in [0.1, 0.15) is 29.6 Å². The summed E-state index contributed by atoms with van der Waals surface area (Å²) in [6, 6.07) is 12.2. The van der Waals surface area contributed by atoms with Gasteiger partial charge in [0.25, 0.3) is 5.91 Å². The third-order valence-electron chi connectivity index (χ3n) is 5.84. The van der Waals surface area contributed by atoms with Crippen LogP contribution in [0, 0.1) is 0 Å². The molecule has 0 saturated carbocycles. The molecule has 0 radical (unpaired) electrons. The molecule has 2 aromatic carbocycles. The van der Waals surface area contributed by atoms with Crippen LogP contribution in [-0.2, 0) is 16.1 Å². The van der Waals surface area contributed by atoms with Crippen LogP contribution in [0.2, 0.25) is 0 Å². The van der Waals surface area contributed by atoms with E-state index in [9.17, 15) is 14.4 Å². The molecular weight excluding hydrogens is 466 g/mol. The smallest absolute Gasteiger partial charge is 0.260 e. The molecule has 1 aliphatic rings. The summed E-state index contributed by atoms with van der Waals surface area (Å²) >= 11 is 1.43. The van der Waals surface area contributed by atoms with Gasteiger partial charge in [-0.1, -0.05) is 11.3 Å². The summed E-state index contributed by atoms with van der Waals surface area (Å²) in [5, 5.41) is 0.595. The number of methoxy groups -OCH3 is 1. The zero-order valence-corrected chi connectivity index (χ0v) is 19.9. The molecule has 0 spiro atoms. The molecule has 1 saturated heterocycles. The molecule has 1 fully saturated rings. The normalized spacial score (nSPS) is 13.6. The minimum Gasteiger partial charge on any atom is -0.497 e. The maximum Gasteiger partial charge on any atom is 0.260 e. The van der Waals surface area contributed by atoms with Crippen molar-refractivity contribution in [3.63, 3.8) is 0 Å². The Morgan fingerprint density at radius 3 is 2.57 bits per heavy atom. The Morgan fingerprint density at radius 2 is 1.89 bits per heavy atom. The van der Waals surface area contributed by atoms with E-state index in [0.29, 0.717) is 35.9 Å². The first-order valence-corrected chi connectivity index (χ1v) is 12.0. The molecule has 0 atom stereocenters. The number of imide groups is 1. The number of amides is 3. The summed E-state index contributed by atoms with van der Waals surface area (Å²) in [7, 11) is 1.61. The van der Waals surface area contributed by atoms with Gasteiger partial charge >= 0.3 is 0 Å². The summed E-state index contributed by atoms with van der Waals surface area (Å²) in [4.78, 5) is 49.3. The van der Waals surface area contributed by atoms with Crippen molar-refractivity contribution >= 4 is 50.1 Å². The van der Waals surface area contributed by atoms with Gasteiger partial charge in [-0.3, -0.25) is 24.2 Å². The number of hydrogen-bond donors (Lipinski definition) is 0. The fourth-order valence-electron chi connectivity index (χ4n) is 4.02. The third kappa shape index (κ3) is 4.65. The van der Waals surface area contributed by atoms with Crippen molar-refractivity contribution in [3.05, 3.63) is 66.7 Å². The molecule has 35 heavy (non-hydrogen) atoms. The molecule has 5 rings (SSSR count). The van der Waals surface area contributed by atoms with Gasteiger partial charge in [-0.05, 0) is 48.9 Å². The summed E-state index contributed by atoms with van der Waals surface area (Å²) in [5.74, 6) is 0.0831. The first-order chi connectivity index (χ1) is 17.0. The van der Waals surface area contributed by atoms with Crippen LogP contribution in [0.15, 0.2) is 61.2 Å². The molecule has 3 heterocycles. The third-order valence-corrected chi connectivity index (χ3v) is 6.88. The van der Waals surface area contributed by atoms with E-state index in [1.54, 1.807) is 48.8 Å². The lowest BCUT2D eigenvalue weighted by molar-refractivity contribution is -0.121. The molecule has 10 heteroatoms. The van der Waals surface area contributed by atoms with E-state index >= 15 is 0 Å². The molecule has 0 N–H and O–H groups in total. The first kappa shape index (κ1) is 22.7. The Balaban J connectivity index is 1.42. The molecule has 3 amide bonds. The lowest BCUT2D eigenvalue weighted by Gasteiger charge is -2.21. The number of nitrogens with zero attached hydrogens (tertiary/aromatic N) is 5. The van der Waals surface area contributed by atoms with Gasteiger partial charge in [0.2, 0.25) is 11.8 Å². The first-order valence-electron chi connectivity index (χ1n) is 11.2. The zero-order chi connectivity index (χ0) is 24.4. The van der Waals surface area contributed by atoms with Crippen LogP contribution in [0.25, 0.3) is 10.2 Å². The Hall–Kier alpha value is -4.05. The van der Waals surface area contributed by atoms with Crippen LogP contribution in [0.5, 0.6) is 5.75 Å². The number of imidazole rings is 1. The molecule has 9 nitrogen and oxygen atoms in total. The van der Waals surface area contributed by atoms with E-state index in [2.05, 4.69) is 4.98 Å². The number of thiazole rings is 1. The maximum absolute atomic E-state index is 13.6. The highest BCUT2D eigenvalue weighted by Gasteiger charge is 2.30. The molecule has 178 valence electrons. The predicted molar refractivity (Wildman–Crippen MR) is 133 cm³/mol. The van der Waals surface area contributed by atoms with Gasteiger partial charge in [-0.2, -0.15) is 0 Å². The highest BCUT2D eigenvalue weighted by molar-refractivity contribution is 7.22. The fraction of sp³-hybridized carbons (Fsp3) is 0.240. The van der Waals surface area contributed by atoms with Gasteiger partial charge in [-0.15, -0.1) is 0 Å². The van der Waals surface area contributed by atoms with Gasteiger partial charge < -0.3 is 9.30 Å². The Kier molecular flexibility index (Phi) is 6.28. The lowest BCUT2D eigenvalue weighted by Crippen LogP contribution is -2.32. The largest absolute Gasteiger partial charge is 0.497 e. The number of carbonyl (C=O) groups excluding carboxylic acids is 3. The topological polar surface area (TPSA) is 97.6 Å². The van der Waals surface area contributed by atoms with Crippen molar-refractivity contribution in [2.45, 2.75) is 25.8 Å². The molecule has 0 aliphatic carbocycles. The van der Waals surface area contributed by atoms with Gasteiger partial charge in [-0.25, -0.2) is 9.97 Å². The van der Waals surface area contributed by atoms with Crippen molar-refractivity contribution in [2.24, 2.45) is 0 Å². The average molecular weight is 490 g/mol. The Bertz CT molecular complexity index is 1360. The van der Waals surface area contributed by atoms with Crippen LogP contribution in [0.3, 0.4) is 0 Å². The minimum atomic E-state index is -0.222. The van der Waals surface area contributed by atoms with E-state index in [1.807, 2.05) is 29.0 Å². The van der Waals surface area contributed by atoms with E-state index in [1.165, 1.54) is 16.2 Å². The SMILES string of the molecule is COc1ccc2nc(N(CCCn3ccnc3)C(=O)c3ccc(N4C(=O)CCC4=O)cc3)sc2c1. The second-order valence-corrected chi connectivity index (χ2v) is 9.12. The number of hydrogen-bond acceptors (Lipinski definition) is 7. The number of carbonyl (C=O) groups is 3.